The van der Waals surface area contributed by atoms with E-state index in [0.29, 0.717) is 30.2 Å². The molecule has 2 amide bonds. The highest BCUT2D eigenvalue weighted by molar-refractivity contribution is 5.85. The van der Waals surface area contributed by atoms with E-state index in [9.17, 15) is 14.4 Å². The van der Waals surface area contributed by atoms with Crippen LogP contribution in [0.1, 0.15) is 57.7 Å². The molecule has 0 unspecified atom stereocenters. The van der Waals surface area contributed by atoms with Gasteiger partial charge in [0.05, 0.1) is 31.1 Å². The van der Waals surface area contributed by atoms with Crippen LogP contribution in [0.25, 0.3) is 5.65 Å². The summed E-state index contributed by atoms with van der Waals surface area (Å²) >= 11 is 0. The lowest BCUT2D eigenvalue weighted by Gasteiger charge is -2.24. The predicted molar refractivity (Wildman–Crippen MR) is 152 cm³/mol. The molecule has 224 valence electrons. The van der Waals surface area contributed by atoms with Gasteiger partial charge in [-0.3, -0.25) is 14.0 Å². The third-order valence-electron chi connectivity index (χ3n) is 5.69. The molecular weight excluding hydrogens is 530 g/mol. The molecule has 1 aromatic carbocycles. The average molecular weight is 572 g/mol. The molecule has 0 aliphatic carbocycles. The van der Waals surface area contributed by atoms with E-state index in [4.69, 9.17) is 25.7 Å². The van der Waals surface area contributed by atoms with Gasteiger partial charge in [-0.25, -0.2) is 4.79 Å². The fraction of sp³-hybridized carbons (Fsp3) is 0.464. The number of nitrogens with two attached hydrogens (primary N) is 2. The van der Waals surface area contributed by atoms with Crippen LogP contribution in [0.15, 0.2) is 48.5 Å². The first-order valence-electron chi connectivity index (χ1n) is 12.9. The number of pyridine rings is 1. The van der Waals surface area contributed by atoms with Crippen molar-refractivity contribution in [2.24, 2.45) is 11.5 Å². The highest BCUT2D eigenvalue weighted by Crippen LogP contribution is 2.18. The minimum atomic E-state index is -1.14. The lowest BCUT2D eigenvalue weighted by atomic mass is 10.1. The molecule has 0 saturated heterocycles. The lowest BCUT2D eigenvalue weighted by Crippen LogP contribution is -2.51. The van der Waals surface area contributed by atoms with Crippen molar-refractivity contribution in [3.05, 3.63) is 65.6 Å². The summed E-state index contributed by atoms with van der Waals surface area (Å²) in [6.07, 6.45) is -0.244. The van der Waals surface area contributed by atoms with Gasteiger partial charge >= 0.3 is 12.1 Å². The van der Waals surface area contributed by atoms with Gasteiger partial charge in [0.25, 0.3) is 0 Å². The van der Waals surface area contributed by atoms with Crippen LogP contribution < -0.4 is 22.1 Å². The molecule has 0 aliphatic rings. The molecule has 0 aliphatic heterocycles. The van der Waals surface area contributed by atoms with Crippen LogP contribution >= 0.6 is 0 Å². The molecule has 0 spiro atoms. The minimum Gasteiger partial charge on any atom is -0.464 e. The topological polar surface area (TPSA) is 185 Å². The van der Waals surface area contributed by atoms with E-state index >= 15 is 0 Å². The Morgan fingerprint density at radius 2 is 1.76 bits per heavy atom. The van der Waals surface area contributed by atoms with Crippen LogP contribution in [0.4, 0.5) is 4.79 Å². The molecule has 2 atom stereocenters. The summed E-state index contributed by atoms with van der Waals surface area (Å²) in [6, 6.07) is 13.5. The molecule has 0 radical (unpaired) electrons. The number of fused-ring (bicyclic) bond motifs is 1. The van der Waals surface area contributed by atoms with Gasteiger partial charge in [-0.05, 0) is 44.9 Å². The Balaban J connectivity index is 0.00000588. The molecule has 0 fully saturated rings. The number of carbonyl (C=O) groups is 3. The van der Waals surface area contributed by atoms with Gasteiger partial charge in [-0.2, -0.15) is 0 Å². The van der Waals surface area contributed by atoms with Gasteiger partial charge in [-0.15, -0.1) is 10.2 Å². The summed E-state index contributed by atoms with van der Waals surface area (Å²) in [4.78, 5) is 36.4. The number of benzene rings is 1. The molecule has 41 heavy (non-hydrogen) atoms. The van der Waals surface area contributed by atoms with Crippen molar-refractivity contribution in [2.75, 3.05) is 19.8 Å². The molecule has 13 heteroatoms. The monoisotopic (exact) mass is 571 g/mol. The number of rotatable bonds is 14. The van der Waals surface area contributed by atoms with Gasteiger partial charge in [0, 0.05) is 6.54 Å². The number of alkyl carbamates (subject to hydrolysis) is 1. The summed E-state index contributed by atoms with van der Waals surface area (Å²) in [6.45, 7) is 5.45. The summed E-state index contributed by atoms with van der Waals surface area (Å²) in [5, 5.41) is 14.1. The van der Waals surface area contributed by atoms with E-state index in [2.05, 4.69) is 20.8 Å². The number of hydrogen-bond donors (Lipinski definition) is 4. The van der Waals surface area contributed by atoms with E-state index in [1.807, 2.05) is 30.3 Å². The molecular formula is C28H41N7O6. The second kappa shape index (κ2) is 15.6. The van der Waals surface area contributed by atoms with Crippen LogP contribution in [0.2, 0.25) is 0 Å². The largest absolute Gasteiger partial charge is 0.464 e. The highest BCUT2D eigenvalue weighted by Gasteiger charge is 2.28. The molecule has 0 bridgehead atoms. The second-order valence-electron chi connectivity index (χ2n) is 9.83. The Hall–Kier alpha value is -4.07. The number of esters is 1. The van der Waals surface area contributed by atoms with E-state index in [1.165, 1.54) is 6.92 Å². The first kappa shape index (κ1) is 33.1. The number of aromatic nitrogens is 3. The Kier molecular flexibility index (Phi) is 12.6. The Morgan fingerprint density at radius 1 is 1.02 bits per heavy atom. The quantitative estimate of drug-likeness (QED) is 0.165. The standard InChI is InChI=1S/C27H37N7O6.CH4/c1-18(28)24(35)39-14-8-13-30-26(37)40-16-20-11-7-12-22-32-33-23(34(20)22)21(31-25(36)27(2,3)29)17-38-15-19-9-5-4-6-10-19;/h4-7,9-12,18,21H,8,13-17,28-29H2,1-3H3,(H,30,37)(H,31,36);1H4/t18-,21-;/m1./s1. The van der Waals surface area contributed by atoms with Gasteiger partial charge < -0.3 is 36.3 Å². The SMILES string of the molecule is C.C[C@@H](N)C(=O)OCCCNC(=O)OCc1cccc2nnc([C@@H](COCc3ccccc3)NC(=O)C(C)(C)N)n12. The minimum absolute atomic E-state index is 0. The third-order valence-corrected chi connectivity index (χ3v) is 5.69. The number of carbonyl (C=O) groups excluding carboxylic acids is 3. The zero-order valence-corrected chi connectivity index (χ0v) is 23.0. The van der Waals surface area contributed by atoms with Gasteiger partial charge in [0.15, 0.2) is 11.5 Å². The zero-order valence-electron chi connectivity index (χ0n) is 23.0. The number of ether oxygens (including phenoxy) is 3. The fourth-order valence-corrected chi connectivity index (χ4v) is 3.52. The van der Waals surface area contributed by atoms with Crippen molar-refractivity contribution in [1.82, 2.24) is 25.2 Å². The van der Waals surface area contributed by atoms with E-state index in [1.54, 1.807) is 36.4 Å². The molecule has 2 heterocycles. The van der Waals surface area contributed by atoms with E-state index in [0.717, 1.165) is 5.56 Å². The normalized spacial score (nSPS) is 12.6. The zero-order chi connectivity index (χ0) is 29.1. The number of hydrogen-bond acceptors (Lipinski definition) is 10. The molecule has 0 saturated carbocycles. The molecule has 3 rings (SSSR count). The van der Waals surface area contributed by atoms with Gasteiger partial charge in [0.1, 0.15) is 18.7 Å². The van der Waals surface area contributed by atoms with Gasteiger partial charge in [0.2, 0.25) is 5.91 Å². The van der Waals surface area contributed by atoms with Crippen LogP contribution in [0.5, 0.6) is 0 Å². The maximum Gasteiger partial charge on any atom is 0.407 e. The Bertz CT molecular complexity index is 1270. The van der Waals surface area contributed by atoms with Crippen molar-refractivity contribution in [1.29, 1.82) is 0 Å². The fourth-order valence-electron chi connectivity index (χ4n) is 3.52. The lowest BCUT2D eigenvalue weighted by molar-refractivity contribution is -0.144. The first-order valence-corrected chi connectivity index (χ1v) is 12.9. The summed E-state index contributed by atoms with van der Waals surface area (Å²) in [5.74, 6) is -0.496. The van der Waals surface area contributed by atoms with Crippen molar-refractivity contribution in [3.63, 3.8) is 0 Å². The number of nitrogens with zero attached hydrogens (tertiary/aromatic N) is 3. The maximum atomic E-state index is 12.8. The molecule has 13 nitrogen and oxygen atoms in total. The second-order valence-corrected chi connectivity index (χ2v) is 9.83. The molecule has 2 aromatic heterocycles. The molecule has 6 N–H and O–H groups in total. The smallest absolute Gasteiger partial charge is 0.407 e. The van der Waals surface area contributed by atoms with Crippen molar-refractivity contribution >= 4 is 23.6 Å². The summed E-state index contributed by atoms with van der Waals surface area (Å²) < 4.78 is 18.0. The summed E-state index contributed by atoms with van der Waals surface area (Å²) in [5.41, 5.74) is 12.4. The average Bonchev–Trinajstić information content (AvgIpc) is 3.35. The van der Waals surface area contributed by atoms with Crippen molar-refractivity contribution in [2.45, 2.75) is 65.5 Å². The van der Waals surface area contributed by atoms with Crippen LogP contribution in [-0.4, -0.2) is 63.9 Å². The van der Waals surface area contributed by atoms with E-state index in [-0.39, 0.29) is 33.8 Å². The molecule has 3 aromatic rings. The summed E-state index contributed by atoms with van der Waals surface area (Å²) in [7, 11) is 0. The van der Waals surface area contributed by atoms with Gasteiger partial charge in [-0.1, -0.05) is 43.8 Å². The predicted octanol–water partition coefficient (Wildman–Crippen LogP) is 1.98. The third kappa shape index (κ3) is 10.1. The Morgan fingerprint density at radius 3 is 2.44 bits per heavy atom. The van der Waals surface area contributed by atoms with Crippen molar-refractivity contribution < 1.29 is 28.6 Å². The van der Waals surface area contributed by atoms with Crippen LogP contribution in [-0.2, 0) is 37.0 Å². The number of nitrogens with one attached hydrogen (secondary N) is 2. The Labute approximate surface area is 239 Å². The highest BCUT2D eigenvalue weighted by atomic mass is 16.5. The number of amides is 2. The van der Waals surface area contributed by atoms with Crippen molar-refractivity contribution in [3.8, 4) is 0 Å². The first-order chi connectivity index (χ1) is 19.1. The maximum absolute atomic E-state index is 12.8. The van der Waals surface area contributed by atoms with E-state index < -0.39 is 35.6 Å². The van der Waals surface area contributed by atoms with Crippen LogP contribution in [0, 0.1) is 0 Å². The van der Waals surface area contributed by atoms with Crippen LogP contribution in [0.3, 0.4) is 0 Å².